The smallest absolute Gasteiger partial charge is 0.325 e. The molecule has 1 fully saturated rings. The second kappa shape index (κ2) is 5.56. The van der Waals surface area contributed by atoms with Gasteiger partial charge in [-0.2, -0.15) is 0 Å². The minimum Gasteiger partial charge on any atom is -0.480 e. The van der Waals surface area contributed by atoms with Gasteiger partial charge in [-0.25, -0.2) is 0 Å². The average Bonchev–Trinajstić information content (AvgIpc) is 2.83. The largest absolute Gasteiger partial charge is 0.480 e. The van der Waals surface area contributed by atoms with Gasteiger partial charge in [-0.1, -0.05) is 12.1 Å². The number of hydrogen-bond donors (Lipinski definition) is 1. The molecule has 0 saturated carbocycles. The van der Waals surface area contributed by atoms with Gasteiger partial charge in [0.25, 0.3) is 0 Å². The van der Waals surface area contributed by atoms with E-state index in [1.165, 1.54) is 4.90 Å². The maximum absolute atomic E-state index is 11.4. The summed E-state index contributed by atoms with van der Waals surface area (Å²) in [5, 5.41) is 9.37. The second-order valence-corrected chi connectivity index (χ2v) is 5.14. The molecule has 0 spiro atoms. The zero-order valence-electron chi connectivity index (χ0n) is 9.93. The van der Waals surface area contributed by atoms with Crippen LogP contribution in [0, 0.1) is 0 Å². The molecule has 1 N–H and O–H groups in total. The van der Waals surface area contributed by atoms with E-state index in [9.17, 15) is 9.90 Å². The summed E-state index contributed by atoms with van der Waals surface area (Å²) >= 11 is 1.67. The van der Waals surface area contributed by atoms with Crippen LogP contribution < -0.4 is 0 Å². The molecule has 0 unspecified atom stereocenters. The van der Waals surface area contributed by atoms with Gasteiger partial charge >= 0.3 is 5.97 Å². The number of benzene rings is 1. The summed E-state index contributed by atoms with van der Waals surface area (Å²) in [6, 6.07) is 7.37. The number of thioether (sulfide) groups is 1. The van der Waals surface area contributed by atoms with Crippen molar-refractivity contribution in [1.29, 1.82) is 0 Å². The summed E-state index contributed by atoms with van der Waals surface area (Å²) in [5.74, 6) is -0.746. The van der Waals surface area contributed by atoms with Crippen molar-refractivity contribution in [1.82, 2.24) is 4.90 Å². The van der Waals surface area contributed by atoms with E-state index >= 15 is 0 Å². The number of rotatable bonds is 4. The van der Waals surface area contributed by atoms with Crippen molar-refractivity contribution in [2.75, 3.05) is 19.3 Å². The van der Waals surface area contributed by atoms with E-state index in [1.807, 2.05) is 30.5 Å². The lowest BCUT2D eigenvalue weighted by atomic mass is 10.1. The Morgan fingerprint density at radius 1 is 1.29 bits per heavy atom. The summed E-state index contributed by atoms with van der Waals surface area (Å²) in [5.41, 5.74) is 0.886. The Hall–Kier alpha value is -1.00. The molecule has 2 rings (SSSR count). The number of likely N-dealkylation sites (tertiary alicyclic amines) is 1. The first-order chi connectivity index (χ1) is 8.22. The molecule has 0 radical (unpaired) electrons. The summed E-state index contributed by atoms with van der Waals surface area (Å²) in [6.45, 7) is 1.78. The monoisotopic (exact) mass is 251 g/mol. The summed E-state index contributed by atoms with van der Waals surface area (Å²) in [6.07, 6.45) is 4.23. The molecule has 4 heteroatoms. The molecule has 17 heavy (non-hydrogen) atoms. The van der Waals surface area contributed by atoms with Crippen LogP contribution in [0.5, 0.6) is 0 Å². The number of nitrogens with zero attached hydrogens (tertiary/aromatic N) is 1. The average molecular weight is 251 g/mol. The quantitative estimate of drug-likeness (QED) is 0.835. The molecule has 1 heterocycles. The van der Waals surface area contributed by atoms with E-state index in [0.29, 0.717) is 0 Å². The fourth-order valence-electron chi connectivity index (χ4n) is 2.30. The third-order valence-corrected chi connectivity index (χ3v) is 3.91. The van der Waals surface area contributed by atoms with Crippen LogP contribution in [0.3, 0.4) is 0 Å². The SMILES string of the molecule is CSc1ccc([C@@H](C(=O)O)N2CCCC2)cc1. The molecule has 1 atom stereocenters. The predicted octanol–water partition coefficient (Wildman–Crippen LogP) is 2.63. The van der Waals surface area contributed by atoms with Crippen molar-refractivity contribution in [3.63, 3.8) is 0 Å². The number of aliphatic carboxylic acids is 1. The van der Waals surface area contributed by atoms with E-state index in [0.717, 1.165) is 31.5 Å². The third-order valence-electron chi connectivity index (χ3n) is 3.17. The maximum atomic E-state index is 11.4. The first-order valence-corrected chi connectivity index (χ1v) is 7.05. The zero-order chi connectivity index (χ0) is 12.3. The van der Waals surface area contributed by atoms with Crippen LogP contribution in [0.1, 0.15) is 24.4 Å². The molecule has 1 aromatic carbocycles. The first kappa shape index (κ1) is 12.5. The minimum atomic E-state index is -0.746. The molecule has 92 valence electrons. The van der Waals surface area contributed by atoms with Crippen molar-refractivity contribution >= 4 is 17.7 Å². The van der Waals surface area contributed by atoms with Crippen LogP contribution >= 0.6 is 11.8 Å². The zero-order valence-corrected chi connectivity index (χ0v) is 10.7. The minimum absolute atomic E-state index is 0.478. The van der Waals surface area contributed by atoms with Crippen LogP contribution in [-0.4, -0.2) is 35.3 Å². The summed E-state index contributed by atoms with van der Waals surface area (Å²) in [7, 11) is 0. The Kier molecular flexibility index (Phi) is 4.07. The van der Waals surface area contributed by atoms with Gasteiger partial charge in [-0.15, -0.1) is 11.8 Å². The summed E-state index contributed by atoms with van der Waals surface area (Å²) in [4.78, 5) is 14.6. The Morgan fingerprint density at radius 2 is 1.88 bits per heavy atom. The lowest BCUT2D eigenvalue weighted by molar-refractivity contribution is -0.143. The Bertz CT molecular complexity index is 385. The number of hydrogen-bond acceptors (Lipinski definition) is 3. The molecule has 1 aliphatic heterocycles. The highest BCUT2D eigenvalue weighted by Crippen LogP contribution is 2.26. The van der Waals surface area contributed by atoms with Gasteiger partial charge in [0, 0.05) is 4.90 Å². The molecule has 1 aliphatic rings. The molecule has 0 amide bonds. The molecular formula is C13H17NO2S. The van der Waals surface area contributed by atoms with Gasteiger partial charge in [-0.05, 0) is 49.9 Å². The van der Waals surface area contributed by atoms with Gasteiger partial charge < -0.3 is 5.11 Å². The number of carbonyl (C=O) groups is 1. The van der Waals surface area contributed by atoms with Gasteiger partial charge in [0.05, 0.1) is 0 Å². The molecule has 3 nitrogen and oxygen atoms in total. The summed E-state index contributed by atoms with van der Waals surface area (Å²) < 4.78 is 0. The fraction of sp³-hybridized carbons (Fsp3) is 0.462. The number of carboxylic acid groups (broad SMARTS) is 1. The van der Waals surface area contributed by atoms with Crippen LogP contribution in [0.4, 0.5) is 0 Å². The molecule has 1 aromatic rings. The fourth-order valence-corrected chi connectivity index (χ4v) is 2.70. The van der Waals surface area contributed by atoms with E-state index < -0.39 is 12.0 Å². The molecule has 0 aromatic heterocycles. The van der Waals surface area contributed by atoms with Crippen LogP contribution in [0.15, 0.2) is 29.2 Å². The Morgan fingerprint density at radius 3 is 2.35 bits per heavy atom. The van der Waals surface area contributed by atoms with Gasteiger partial charge in [0.15, 0.2) is 0 Å². The third kappa shape index (κ3) is 2.82. The van der Waals surface area contributed by atoms with Gasteiger partial charge in [0.2, 0.25) is 0 Å². The molecule has 0 bridgehead atoms. The van der Waals surface area contributed by atoms with E-state index in [-0.39, 0.29) is 0 Å². The molecule has 0 aliphatic carbocycles. The predicted molar refractivity (Wildman–Crippen MR) is 69.4 cm³/mol. The highest BCUT2D eigenvalue weighted by atomic mass is 32.2. The number of carboxylic acids is 1. The van der Waals surface area contributed by atoms with Crippen molar-refractivity contribution in [3.05, 3.63) is 29.8 Å². The molecule has 1 saturated heterocycles. The standard InChI is InChI=1S/C13H17NO2S/c1-17-11-6-4-10(5-7-11)12(13(15)16)14-8-2-3-9-14/h4-7,12H,2-3,8-9H2,1H3,(H,15,16)/t12-/m0/s1. The Labute approximate surface area is 106 Å². The maximum Gasteiger partial charge on any atom is 0.325 e. The van der Waals surface area contributed by atoms with E-state index in [2.05, 4.69) is 4.90 Å². The van der Waals surface area contributed by atoms with E-state index in [1.54, 1.807) is 11.8 Å². The highest BCUT2D eigenvalue weighted by molar-refractivity contribution is 7.98. The van der Waals surface area contributed by atoms with Crippen molar-refractivity contribution in [2.45, 2.75) is 23.8 Å². The topological polar surface area (TPSA) is 40.5 Å². The van der Waals surface area contributed by atoms with Crippen LogP contribution in [0.25, 0.3) is 0 Å². The van der Waals surface area contributed by atoms with Crippen molar-refractivity contribution in [2.24, 2.45) is 0 Å². The second-order valence-electron chi connectivity index (χ2n) is 4.26. The van der Waals surface area contributed by atoms with Gasteiger partial charge in [0.1, 0.15) is 6.04 Å². The Balaban J connectivity index is 2.22. The van der Waals surface area contributed by atoms with Crippen LogP contribution in [0.2, 0.25) is 0 Å². The van der Waals surface area contributed by atoms with Gasteiger partial charge in [-0.3, -0.25) is 9.69 Å². The van der Waals surface area contributed by atoms with Crippen molar-refractivity contribution < 1.29 is 9.90 Å². The van der Waals surface area contributed by atoms with Crippen LogP contribution in [-0.2, 0) is 4.79 Å². The normalized spacial score (nSPS) is 18.2. The molecular weight excluding hydrogens is 234 g/mol. The lowest BCUT2D eigenvalue weighted by Gasteiger charge is -2.24. The van der Waals surface area contributed by atoms with E-state index in [4.69, 9.17) is 0 Å². The lowest BCUT2D eigenvalue weighted by Crippen LogP contribution is -2.31. The first-order valence-electron chi connectivity index (χ1n) is 5.83. The van der Waals surface area contributed by atoms with Crippen molar-refractivity contribution in [3.8, 4) is 0 Å². The highest BCUT2D eigenvalue weighted by Gasteiger charge is 2.29.